The van der Waals surface area contributed by atoms with Gasteiger partial charge in [-0.25, -0.2) is 4.98 Å². The molecule has 1 heterocycles. The first-order valence-electron chi connectivity index (χ1n) is 4.94. The number of nitrogens with one attached hydrogen (secondary N) is 1. The monoisotopic (exact) mass is 272 g/mol. The maximum absolute atomic E-state index is 11.4. The second-order valence-electron chi connectivity index (χ2n) is 3.58. The van der Waals surface area contributed by atoms with E-state index in [1.807, 2.05) is 0 Å². The summed E-state index contributed by atoms with van der Waals surface area (Å²) in [5, 5.41) is 0. The molecule has 0 aromatic carbocycles. The summed E-state index contributed by atoms with van der Waals surface area (Å²) in [5.41, 5.74) is 5.40. The predicted molar refractivity (Wildman–Crippen MR) is 62.0 cm³/mol. The molecule has 15 heavy (non-hydrogen) atoms. The van der Waals surface area contributed by atoms with E-state index in [1.165, 1.54) is 6.33 Å². The summed E-state index contributed by atoms with van der Waals surface area (Å²) >= 11 is 3.26. The van der Waals surface area contributed by atoms with Crippen LogP contribution in [0, 0.1) is 0 Å². The zero-order chi connectivity index (χ0) is 10.8. The molecule has 0 amide bonds. The number of rotatable bonds is 4. The van der Waals surface area contributed by atoms with Crippen LogP contribution in [0.4, 0.5) is 5.82 Å². The quantitative estimate of drug-likeness (QED) is 0.835. The Kier molecular flexibility index (Phi) is 3.06. The molecular weight excluding hydrogens is 260 g/mol. The molecule has 0 saturated heterocycles. The average molecular weight is 273 g/mol. The third kappa shape index (κ3) is 2.21. The van der Waals surface area contributed by atoms with Gasteiger partial charge in [-0.05, 0) is 28.8 Å². The van der Waals surface area contributed by atoms with Crippen LogP contribution < -0.4 is 16.2 Å². The van der Waals surface area contributed by atoms with Gasteiger partial charge in [-0.15, -0.1) is 0 Å². The van der Waals surface area contributed by atoms with Gasteiger partial charge in [0.2, 0.25) is 0 Å². The first-order chi connectivity index (χ1) is 7.24. The highest BCUT2D eigenvalue weighted by atomic mass is 79.9. The Hall–Kier alpha value is -0.880. The zero-order valence-corrected chi connectivity index (χ0v) is 9.83. The highest BCUT2D eigenvalue weighted by Crippen LogP contribution is 2.32. The fourth-order valence-corrected chi connectivity index (χ4v) is 2.01. The van der Waals surface area contributed by atoms with Crippen LogP contribution in [0.2, 0.25) is 0 Å². The molecule has 0 unspecified atom stereocenters. The van der Waals surface area contributed by atoms with Crippen molar-refractivity contribution in [1.82, 2.24) is 9.97 Å². The fraction of sp³-hybridized carbons (Fsp3) is 0.556. The first kappa shape index (κ1) is 10.6. The van der Waals surface area contributed by atoms with Crippen molar-refractivity contribution in [1.29, 1.82) is 0 Å². The van der Waals surface area contributed by atoms with E-state index in [-0.39, 0.29) is 5.56 Å². The van der Waals surface area contributed by atoms with E-state index in [4.69, 9.17) is 5.73 Å². The maximum atomic E-state index is 11.4. The van der Waals surface area contributed by atoms with Crippen LogP contribution in [0.3, 0.4) is 0 Å². The van der Waals surface area contributed by atoms with Gasteiger partial charge in [0.1, 0.15) is 4.47 Å². The number of halogens is 1. The molecule has 0 aliphatic heterocycles. The van der Waals surface area contributed by atoms with Crippen molar-refractivity contribution in [3.63, 3.8) is 0 Å². The van der Waals surface area contributed by atoms with Crippen molar-refractivity contribution in [2.24, 2.45) is 5.73 Å². The van der Waals surface area contributed by atoms with Crippen molar-refractivity contribution in [3.05, 3.63) is 21.2 Å². The van der Waals surface area contributed by atoms with Crippen LogP contribution in [0.1, 0.15) is 12.8 Å². The van der Waals surface area contributed by atoms with Gasteiger partial charge in [-0.2, -0.15) is 0 Å². The molecule has 0 radical (unpaired) electrons. The Morgan fingerprint density at radius 3 is 3.00 bits per heavy atom. The molecule has 1 saturated carbocycles. The second-order valence-corrected chi connectivity index (χ2v) is 4.38. The van der Waals surface area contributed by atoms with E-state index in [2.05, 4.69) is 30.8 Å². The molecule has 1 aromatic rings. The molecule has 82 valence electrons. The molecule has 1 aliphatic rings. The number of hydrogen-bond acceptors (Lipinski definition) is 4. The number of hydrogen-bond donors (Lipinski definition) is 2. The Balaban J connectivity index is 2.32. The minimum atomic E-state index is -0.150. The summed E-state index contributed by atoms with van der Waals surface area (Å²) in [7, 11) is 0. The van der Waals surface area contributed by atoms with Gasteiger partial charge in [0.25, 0.3) is 5.56 Å². The molecule has 2 rings (SSSR count). The standard InChI is InChI=1S/C9H13BrN4O/c10-7-8(12-5-13-9(7)15)14(4-3-11)6-1-2-6/h5-6H,1-4,11H2,(H,12,13,15). The van der Waals surface area contributed by atoms with Gasteiger partial charge in [-0.1, -0.05) is 0 Å². The third-order valence-corrected chi connectivity index (χ3v) is 3.12. The maximum Gasteiger partial charge on any atom is 0.267 e. The van der Waals surface area contributed by atoms with Crippen molar-refractivity contribution in [3.8, 4) is 0 Å². The summed E-state index contributed by atoms with van der Waals surface area (Å²) in [5.74, 6) is 0.701. The Morgan fingerprint density at radius 2 is 2.40 bits per heavy atom. The molecule has 0 spiro atoms. The molecular formula is C9H13BrN4O. The van der Waals surface area contributed by atoms with Crippen LogP contribution in [0.5, 0.6) is 0 Å². The zero-order valence-electron chi connectivity index (χ0n) is 8.24. The van der Waals surface area contributed by atoms with E-state index in [0.717, 1.165) is 19.4 Å². The Labute approximate surface area is 95.8 Å². The summed E-state index contributed by atoms with van der Waals surface area (Å²) in [6, 6.07) is 0.499. The van der Waals surface area contributed by atoms with E-state index in [1.54, 1.807) is 0 Å². The normalized spacial score (nSPS) is 15.3. The van der Waals surface area contributed by atoms with Gasteiger partial charge in [-0.3, -0.25) is 4.79 Å². The van der Waals surface area contributed by atoms with Crippen molar-refractivity contribution in [2.75, 3.05) is 18.0 Å². The van der Waals surface area contributed by atoms with Crippen LogP contribution in [-0.4, -0.2) is 29.1 Å². The molecule has 0 atom stereocenters. The SMILES string of the molecule is NCCN(c1nc[nH]c(=O)c1Br)C1CC1. The molecule has 1 aromatic heterocycles. The molecule has 0 bridgehead atoms. The minimum absolute atomic E-state index is 0.150. The average Bonchev–Trinajstić information content (AvgIpc) is 3.03. The third-order valence-electron chi connectivity index (χ3n) is 2.41. The second kappa shape index (κ2) is 4.32. The highest BCUT2D eigenvalue weighted by Gasteiger charge is 2.30. The summed E-state index contributed by atoms with van der Waals surface area (Å²) in [6.45, 7) is 1.30. The van der Waals surface area contributed by atoms with E-state index >= 15 is 0 Å². The smallest absolute Gasteiger partial charge is 0.267 e. The molecule has 1 aliphatic carbocycles. The number of nitrogens with two attached hydrogens (primary N) is 1. The van der Waals surface area contributed by atoms with Gasteiger partial charge in [0.05, 0.1) is 6.33 Å². The van der Waals surface area contributed by atoms with Crippen LogP contribution in [0.15, 0.2) is 15.6 Å². The lowest BCUT2D eigenvalue weighted by atomic mass is 10.4. The number of aromatic amines is 1. The molecule has 6 heteroatoms. The van der Waals surface area contributed by atoms with Crippen LogP contribution in [-0.2, 0) is 0 Å². The van der Waals surface area contributed by atoms with Crippen LogP contribution >= 0.6 is 15.9 Å². The van der Waals surface area contributed by atoms with Gasteiger partial charge in [0, 0.05) is 19.1 Å². The predicted octanol–water partition coefficient (Wildman–Crippen LogP) is 0.460. The number of H-pyrrole nitrogens is 1. The summed E-state index contributed by atoms with van der Waals surface area (Å²) < 4.78 is 0.491. The van der Waals surface area contributed by atoms with Crippen molar-refractivity contribution in [2.45, 2.75) is 18.9 Å². The summed E-state index contributed by atoms with van der Waals surface area (Å²) in [4.78, 5) is 20.2. The first-order valence-corrected chi connectivity index (χ1v) is 5.73. The van der Waals surface area contributed by atoms with Crippen molar-refractivity contribution < 1.29 is 0 Å². The highest BCUT2D eigenvalue weighted by molar-refractivity contribution is 9.10. The topological polar surface area (TPSA) is 75.0 Å². The number of aromatic nitrogens is 2. The lowest BCUT2D eigenvalue weighted by molar-refractivity contribution is 0.764. The Bertz CT molecular complexity index is 401. The molecule has 3 N–H and O–H groups in total. The van der Waals surface area contributed by atoms with Gasteiger partial charge >= 0.3 is 0 Å². The lowest BCUT2D eigenvalue weighted by Gasteiger charge is -2.23. The van der Waals surface area contributed by atoms with E-state index < -0.39 is 0 Å². The van der Waals surface area contributed by atoms with Crippen LogP contribution in [0.25, 0.3) is 0 Å². The van der Waals surface area contributed by atoms with Gasteiger partial charge in [0.15, 0.2) is 5.82 Å². The van der Waals surface area contributed by atoms with Gasteiger partial charge < -0.3 is 15.6 Å². The molecule has 5 nitrogen and oxygen atoms in total. The number of anilines is 1. The lowest BCUT2D eigenvalue weighted by Crippen LogP contribution is -2.33. The minimum Gasteiger partial charge on any atom is -0.351 e. The van der Waals surface area contributed by atoms with E-state index in [0.29, 0.717) is 22.9 Å². The molecule has 1 fully saturated rings. The van der Waals surface area contributed by atoms with E-state index in [9.17, 15) is 4.79 Å². The number of nitrogens with zero attached hydrogens (tertiary/aromatic N) is 2. The summed E-state index contributed by atoms with van der Waals surface area (Å²) in [6.07, 6.45) is 3.73. The Morgan fingerprint density at radius 1 is 1.67 bits per heavy atom. The fourth-order valence-electron chi connectivity index (χ4n) is 1.56. The van der Waals surface area contributed by atoms with Crippen molar-refractivity contribution >= 4 is 21.7 Å². The largest absolute Gasteiger partial charge is 0.351 e.